The van der Waals surface area contributed by atoms with E-state index in [2.05, 4.69) is 56.9 Å². The standard InChI is InChI=1S/C16H15BrINOS/c1-2-14-11-6-8-21-15(11)5-7-19(14)16(20)12-9-10(17)3-4-13(12)18/h3-4,6,8-9,14H,2,5,7H2,1H3. The van der Waals surface area contributed by atoms with Crippen molar-refractivity contribution in [3.05, 3.63) is 53.7 Å². The first-order valence-corrected chi connectivity index (χ1v) is 9.69. The Kier molecular flexibility index (Phi) is 4.71. The molecule has 1 aromatic carbocycles. The molecule has 2 heterocycles. The highest BCUT2D eigenvalue weighted by Crippen LogP contribution is 2.36. The van der Waals surface area contributed by atoms with Crippen LogP contribution in [0.25, 0.3) is 0 Å². The summed E-state index contributed by atoms with van der Waals surface area (Å²) in [6.07, 6.45) is 1.93. The molecule has 0 bridgehead atoms. The highest BCUT2D eigenvalue weighted by Gasteiger charge is 2.31. The van der Waals surface area contributed by atoms with E-state index in [1.807, 2.05) is 34.4 Å². The van der Waals surface area contributed by atoms with Gasteiger partial charge in [0.05, 0.1) is 11.6 Å². The Morgan fingerprint density at radius 1 is 1.48 bits per heavy atom. The van der Waals surface area contributed by atoms with Gasteiger partial charge in [0.2, 0.25) is 0 Å². The number of benzene rings is 1. The zero-order chi connectivity index (χ0) is 15.0. The summed E-state index contributed by atoms with van der Waals surface area (Å²) in [5.74, 6) is 0.143. The zero-order valence-corrected chi connectivity index (χ0v) is 16.2. The maximum Gasteiger partial charge on any atom is 0.255 e. The first-order valence-electron chi connectivity index (χ1n) is 6.94. The molecular formula is C16H15BrINOS. The lowest BCUT2D eigenvalue weighted by atomic mass is 9.97. The summed E-state index contributed by atoms with van der Waals surface area (Å²) in [6.45, 7) is 2.97. The second-order valence-electron chi connectivity index (χ2n) is 5.10. The Morgan fingerprint density at radius 2 is 2.29 bits per heavy atom. The van der Waals surface area contributed by atoms with Crippen molar-refractivity contribution in [2.75, 3.05) is 6.54 Å². The number of fused-ring (bicyclic) bond motifs is 1. The summed E-state index contributed by atoms with van der Waals surface area (Å²) >= 11 is 7.52. The number of rotatable bonds is 2. The second kappa shape index (κ2) is 6.38. The van der Waals surface area contributed by atoms with Gasteiger partial charge in [-0.2, -0.15) is 0 Å². The van der Waals surface area contributed by atoms with Gasteiger partial charge in [-0.15, -0.1) is 11.3 Å². The number of halogens is 2. The van der Waals surface area contributed by atoms with Gasteiger partial charge in [-0.3, -0.25) is 4.79 Å². The fourth-order valence-electron chi connectivity index (χ4n) is 2.90. The van der Waals surface area contributed by atoms with Crippen LogP contribution in [0, 0.1) is 3.57 Å². The monoisotopic (exact) mass is 475 g/mol. The van der Waals surface area contributed by atoms with Crippen molar-refractivity contribution in [1.82, 2.24) is 4.90 Å². The molecular weight excluding hydrogens is 461 g/mol. The summed E-state index contributed by atoms with van der Waals surface area (Å²) in [4.78, 5) is 16.5. The molecule has 0 spiro atoms. The number of carbonyl (C=O) groups is 1. The van der Waals surface area contributed by atoms with E-state index in [-0.39, 0.29) is 11.9 Å². The third-order valence-electron chi connectivity index (χ3n) is 3.90. The van der Waals surface area contributed by atoms with Crippen LogP contribution in [0.15, 0.2) is 34.1 Å². The fourth-order valence-corrected chi connectivity index (χ4v) is 4.75. The van der Waals surface area contributed by atoms with E-state index in [1.165, 1.54) is 10.4 Å². The molecule has 0 radical (unpaired) electrons. The Hall–Kier alpha value is -0.400. The summed E-state index contributed by atoms with van der Waals surface area (Å²) in [5, 5.41) is 2.14. The molecule has 1 amide bonds. The van der Waals surface area contributed by atoms with Gasteiger partial charge >= 0.3 is 0 Å². The quantitative estimate of drug-likeness (QED) is 0.542. The average Bonchev–Trinajstić information content (AvgIpc) is 2.96. The van der Waals surface area contributed by atoms with Gasteiger partial charge < -0.3 is 4.90 Å². The molecule has 5 heteroatoms. The SMILES string of the molecule is CCC1c2ccsc2CCN1C(=O)c1cc(Br)ccc1I. The number of amides is 1. The number of thiophene rings is 1. The predicted molar refractivity (Wildman–Crippen MR) is 99.0 cm³/mol. The molecule has 1 aliphatic heterocycles. The van der Waals surface area contributed by atoms with Crippen LogP contribution in [0.1, 0.15) is 40.2 Å². The Morgan fingerprint density at radius 3 is 3.05 bits per heavy atom. The largest absolute Gasteiger partial charge is 0.331 e. The molecule has 3 rings (SSSR count). The van der Waals surface area contributed by atoms with Crippen LogP contribution in [-0.4, -0.2) is 17.4 Å². The molecule has 2 nitrogen and oxygen atoms in total. The van der Waals surface area contributed by atoms with Crippen molar-refractivity contribution in [1.29, 1.82) is 0 Å². The highest BCUT2D eigenvalue weighted by molar-refractivity contribution is 14.1. The molecule has 110 valence electrons. The van der Waals surface area contributed by atoms with Gasteiger partial charge in [0, 0.05) is 19.5 Å². The molecule has 0 aliphatic carbocycles. The smallest absolute Gasteiger partial charge is 0.255 e. The number of nitrogens with zero attached hydrogens (tertiary/aromatic N) is 1. The van der Waals surface area contributed by atoms with E-state index in [1.54, 1.807) is 0 Å². The maximum absolute atomic E-state index is 13.0. The fraction of sp³-hybridized carbons (Fsp3) is 0.312. The van der Waals surface area contributed by atoms with Gasteiger partial charge in [-0.1, -0.05) is 22.9 Å². The minimum Gasteiger partial charge on any atom is -0.331 e. The van der Waals surface area contributed by atoms with Crippen molar-refractivity contribution < 1.29 is 4.79 Å². The number of hydrogen-bond acceptors (Lipinski definition) is 2. The number of carbonyl (C=O) groups excluding carboxylic acids is 1. The van der Waals surface area contributed by atoms with E-state index < -0.39 is 0 Å². The van der Waals surface area contributed by atoms with Crippen LogP contribution in [0.4, 0.5) is 0 Å². The molecule has 0 saturated carbocycles. The van der Waals surface area contributed by atoms with Gasteiger partial charge in [-0.25, -0.2) is 0 Å². The number of hydrogen-bond donors (Lipinski definition) is 0. The Labute approximate surface area is 150 Å². The minimum absolute atomic E-state index is 0.143. The lowest BCUT2D eigenvalue weighted by molar-refractivity contribution is 0.0656. The minimum atomic E-state index is 0.143. The molecule has 0 saturated heterocycles. The molecule has 1 aliphatic rings. The van der Waals surface area contributed by atoms with E-state index in [4.69, 9.17) is 0 Å². The second-order valence-corrected chi connectivity index (χ2v) is 8.17. The van der Waals surface area contributed by atoms with Gasteiger partial charge in [-0.05, 0) is 70.6 Å². The lowest BCUT2D eigenvalue weighted by Gasteiger charge is -2.35. The first kappa shape index (κ1) is 15.5. The van der Waals surface area contributed by atoms with E-state index in [0.29, 0.717) is 0 Å². The van der Waals surface area contributed by atoms with Crippen molar-refractivity contribution in [2.45, 2.75) is 25.8 Å². The molecule has 0 N–H and O–H groups in total. The van der Waals surface area contributed by atoms with Crippen molar-refractivity contribution in [3.8, 4) is 0 Å². The summed E-state index contributed by atoms with van der Waals surface area (Å²) < 4.78 is 1.96. The summed E-state index contributed by atoms with van der Waals surface area (Å²) in [7, 11) is 0. The van der Waals surface area contributed by atoms with Gasteiger partial charge in [0.15, 0.2) is 0 Å². The Bertz CT molecular complexity index is 685. The maximum atomic E-state index is 13.0. The lowest BCUT2D eigenvalue weighted by Crippen LogP contribution is -2.39. The summed E-state index contributed by atoms with van der Waals surface area (Å²) in [6, 6.07) is 8.28. The topological polar surface area (TPSA) is 20.3 Å². The molecule has 1 atom stereocenters. The van der Waals surface area contributed by atoms with E-state index >= 15 is 0 Å². The molecule has 2 aromatic rings. The average molecular weight is 476 g/mol. The van der Waals surface area contributed by atoms with Crippen LogP contribution in [0.2, 0.25) is 0 Å². The third-order valence-corrected chi connectivity index (χ3v) is 6.33. The van der Waals surface area contributed by atoms with Crippen molar-refractivity contribution in [3.63, 3.8) is 0 Å². The highest BCUT2D eigenvalue weighted by atomic mass is 127. The van der Waals surface area contributed by atoms with Crippen molar-refractivity contribution in [2.24, 2.45) is 0 Å². The summed E-state index contributed by atoms with van der Waals surface area (Å²) in [5.41, 5.74) is 2.13. The third kappa shape index (κ3) is 2.92. The van der Waals surface area contributed by atoms with Crippen LogP contribution >= 0.6 is 49.9 Å². The first-order chi connectivity index (χ1) is 10.1. The van der Waals surface area contributed by atoms with Crippen LogP contribution < -0.4 is 0 Å². The van der Waals surface area contributed by atoms with Crippen molar-refractivity contribution >= 4 is 55.8 Å². The Balaban J connectivity index is 1.96. The molecule has 0 fully saturated rings. The van der Waals surface area contributed by atoms with E-state index in [0.717, 1.165) is 33.0 Å². The van der Waals surface area contributed by atoms with Crippen LogP contribution in [0.3, 0.4) is 0 Å². The van der Waals surface area contributed by atoms with Crippen LogP contribution in [0.5, 0.6) is 0 Å². The molecule has 1 unspecified atom stereocenters. The predicted octanol–water partition coefficient (Wildman–Crippen LogP) is 5.26. The van der Waals surface area contributed by atoms with Gasteiger partial charge in [0.1, 0.15) is 0 Å². The molecule has 21 heavy (non-hydrogen) atoms. The zero-order valence-electron chi connectivity index (χ0n) is 11.6. The van der Waals surface area contributed by atoms with Crippen LogP contribution in [-0.2, 0) is 6.42 Å². The van der Waals surface area contributed by atoms with E-state index in [9.17, 15) is 4.79 Å². The normalized spacial score (nSPS) is 17.7. The molecule has 1 aromatic heterocycles. The van der Waals surface area contributed by atoms with Gasteiger partial charge in [0.25, 0.3) is 5.91 Å².